The van der Waals surface area contributed by atoms with Gasteiger partial charge in [-0.05, 0) is 53.7 Å². The van der Waals surface area contributed by atoms with E-state index in [1.807, 2.05) is 0 Å². The van der Waals surface area contributed by atoms with Gasteiger partial charge in [-0.3, -0.25) is 0 Å². The summed E-state index contributed by atoms with van der Waals surface area (Å²) >= 11 is 0. The highest BCUT2D eigenvalue weighted by Gasteiger charge is 2.52. The van der Waals surface area contributed by atoms with E-state index in [0.717, 1.165) is 22.9 Å². The highest BCUT2D eigenvalue weighted by Crippen LogP contribution is 2.59. The van der Waals surface area contributed by atoms with Gasteiger partial charge in [-0.15, -0.1) is 0 Å². The number of quaternary nitrogens is 1. The fourth-order valence-electron chi connectivity index (χ4n) is 5.33. The lowest BCUT2D eigenvalue weighted by Gasteiger charge is -2.57. The average Bonchev–Trinajstić information content (AvgIpc) is 2.61. The summed E-state index contributed by atoms with van der Waals surface area (Å²) in [5.74, 6) is 1.74. The highest BCUT2D eigenvalue weighted by molar-refractivity contribution is 5.64. The molecule has 142 valence electrons. The predicted octanol–water partition coefficient (Wildman–Crippen LogP) is 6.23. The van der Waals surface area contributed by atoms with Gasteiger partial charge in [-0.1, -0.05) is 74.0 Å². The smallest absolute Gasteiger partial charge is 0.104 e. The minimum absolute atomic E-state index is 0.527. The van der Waals surface area contributed by atoms with Crippen LogP contribution < -0.4 is 0 Å². The molecule has 0 spiro atoms. The van der Waals surface area contributed by atoms with E-state index >= 15 is 0 Å². The number of hydrogen-bond donors (Lipinski definition) is 0. The first-order chi connectivity index (χ1) is 12.7. The highest BCUT2D eigenvalue weighted by atomic mass is 15.3. The Morgan fingerprint density at radius 2 is 1.70 bits per heavy atom. The summed E-state index contributed by atoms with van der Waals surface area (Å²) in [5.41, 5.74) is 7.60. The van der Waals surface area contributed by atoms with Crippen LogP contribution in [0.4, 0.5) is 0 Å². The first-order valence-corrected chi connectivity index (χ1v) is 10.4. The number of nitrogens with zero attached hydrogens (tertiary/aromatic N) is 1. The molecular weight excluding hydrogens is 326 g/mol. The van der Waals surface area contributed by atoms with E-state index in [9.17, 15) is 0 Å². The molecule has 0 heterocycles. The average molecular weight is 361 g/mol. The Morgan fingerprint density at radius 3 is 2.33 bits per heavy atom. The fraction of sp³-hybridized carbons (Fsp3) is 0.462. The summed E-state index contributed by atoms with van der Waals surface area (Å²) in [7, 11) is 4.76. The van der Waals surface area contributed by atoms with Gasteiger partial charge in [-0.25, -0.2) is 0 Å². The second-order valence-electron chi connectivity index (χ2n) is 10.1. The number of likely N-dealkylation sites (N-methyl/N-ethyl adjacent to an activating group) is 1. The number of aryl methyl sites for hydroxylation is 1. The number of allylic oxidation sites excluding steroid dienone is 1. The van der Waals surface area contributed by atoms with Crippen LogP contribution in [0.3, 0.4) is 0 Å². The molecule has 0 aliphatic heterocycles. The van der Waals surface area contributed by atoms with Crippen LogP contribution in [0.5, 0.6) is 0 Å². The maximum absolute atomic E-state index is 2.56. The molecule has 1 saturated carbocycles. The van der Waals surface area contributed by atoms with Crippen molar-refractivity contribution in [3.05, 3.63) is 71.3 Å². The topological polar surface area (TPSA) is 0 Å². The molecule has 1 heteroatoms. The quantitative estimate of drug-likeness (QED) is 0.438. The molecule has 2 atom stereocenters. The van der Waals surface area contributed by atoms with Crippen LogP contribution in [0.25, 0.3) is 11.1 Å². The van der Waals surface area contributed by atoms with Gasteiger partial charge in [0.05, 0.1) is 14.1 Å². The lowest BCUT2D eigenvalue weighted by atomic mass is 9.49. The monoisotopic (exact) mass is 360 g/mol. The zero-order valence-corrected chi connectivity index (χ0v) is 17.6. The van der Waals surface area contributed by atoms with Crippen LogP contribution in [-0.4, -0.2) is 25.1 Å². The summed E-state index contributed by atoms with van der Waals surface area (Å²) in [6.07, 6.45) is 5.28. The maximum Gasteiger partial charge on any atom is 0.104 e. The van der Waals surface area contributed by atoms with Crippen molar-refractivity contribution >= 4 is 0 Å². The van der Waals surface area contributed by atoms with E-state index in [-0.39, 0.29) is 0 Å². The van der Waals surface area contributed by atoms with E-state index in [1.165, 1.54) is 41.6 Å². The molecule has 2 aromatic rings. The number of fused-ring (bicyclic) bond motifs is 1. The SMILES string of the molecule is Cc1cccc(-c2ccc(C[N+](C)(C)CC3=CC[C@H]4C[C@@H]3C4(C)C)cc2)c1. The molecular formula is C26H34N+. The molecule has 5 rings (SSSR count). The molecule has 3 aliphatic rings. The van der Waals surface area contributed by atoms with Crippen molar-refractivity contribution in [2.45, 2.75) is 40.2 Å². The summed E-state index contributed by atoms with van der Waals surface area (Å²) in [4.78, 5) is 0. The second-order valence-corrected chi connectivity index (χ2v) is 10.1. The van der Waals surface area contributed by atoms with E-state index in [2.05, 4.69) is 89.5 Å². The van der Waals surface area contributed by atoms with Gasteiger partial charge >= 0.3 is 0 Å². The molecule has 2 bridgehead atoms. The van der Waals surface area contributed by atoms with Crippen molar-refractivity contribution in [3.63, 3.8) is 0 Å². The van der Waals surface area contributed by atoms with Crippen LogP contribution in [0, 0.1) is 24.2 Å². The van der Waals surface area contributed by atoms with Gasteiger partial charge in [-0.2, -0.15) is 0 Å². The van der Waals surface area contributed by atoms with Gasteiger partial charge in [0, 0.05) is 5.56 Å². The number of benzene rings is 2. The summed E-state index contributed by atoms with van der Waals surface area (Å²) < 4.78 is 1.03. The largest absolute Gasteiger partial charge is 0.321 e. The van der Waals surface area contributed by atoms with Crippen LogP contribution in [0.15, 0.2) is 60.2 Å². The molecule has 0 unspecified atom stereocenters. The third-order valence-corrected chi connectivity index (χ3v) is 7.11. The Balaban J connectivity index is 1.44. The number of rotatable bonds is 5. The van der Waals surface area contributed by atoms with Gasteiger partial charge in [0.15, 0.2) is 0 Å². The second kappa shape index (κ2) is 6.63. The molecule has 0 radical (unpaired) electrons. The molecule has 27 heavy (non-hydrogen) atoms. The Labute approximate surface area is 165 Å². The van der Waals surface area contributed by atoms with Gasteiger partial charge in [0.1, 0.15) is 13.1 Å². The zero-order chi connectivity index (χ0) is 19.2. The van der Waals surface area contributed by atoms with Crippen LogP contribution in [0.1, 0.15) is 37.8 Å². The Kier molecular flexibility index (Phi) is 4.55. The van der Waals surface area contributed by atoms with Gasteiger partial charge in [0.2, 0.25) is 0 Å². The zero-order valence-electron chi connectivity index (χ0n) is 17.6. The molecule has 1 fully saturated rings. The van der Waals surface area contributed by atoms with E-state index in [4.69, 9.17) is 0 Å². The molecule has 0 N–H and O–H groups in total. The first kappa shape index (κ1) is 18.5. The third-order valence-electron chi connectivity index (χ3n) is 7.11. The fourth-order valence-corrected chi connectivity index (χ4v) is 5.33. The maximum atomic E-state index is 2.56. The predicted molar refractivity (Wildman–Crippen MR) is 115 cm³/mol. The van der Waals surface area contributed by atoms with Crippen molar-refractivity contribution in [2.75, 3.05) is 20.6 Å². The van der Waals surface area contributed by atoms with Crippen molar-refractivity contribution in [1.29, 1.82) is 0 Å². The Hall–Kier alpha value is -1.86. The minimum atomic E-state index is 0.527. The van der Waals surface area contributed by atoms with Crippen LogP contribution in [-0.2, 0) is 6.54 Å². The summed E-state index contributed by atoms with van der Waals surface area (Å²) in [6.45, 7) is 9.37. The molecule has 1 nitrogen and oxygen atoms in total. The summed E-state index contributed by atoms with van der Waals surface area (Å²) in [6, 6.07) is 18.0. The van der Waals surface area contributed by atoms with Crippen molar-refractivity contribution in [3.8, 4) is 11.1 Å². The van der Waals surface area contributed by atoms with E-state index in [0.29, 0.717) is 5.41 Å². The minimum Gasteiger partial charge on any atom is -0.321 e. The molecule has 0 aromatic heterocycles. The van der Waals surface area contributed by atoms with Crippen LogP contribution >= 0.6 is 0 Å². The Morgan fingerprint density at radius 1 is 0.963 bits per heavy atom. The first-order valence-electron chi connectivity index (χ1n) is 10.4. The normalized spacial score (nSPS) is 23.5. The standard InChI is InChI=1S/C26H34N/c1-19-7-6-8-22(15-19)21-11-9-20(10-12-21)17-27(4,5)18-23-13-14-24-16-25(23)26(24,2)3/h6-13,15,24-25H,14,16-18H2,1-5H3/q+1/t24-,25-/m0/s1. The molecule has 2 aromatic carbocycles. The van der Waals surface area contributed by atoms with Crippen molar-refractivity contribution in [1.82, 2.24) is 0 Å². The van der Waals surface area contributed by atoms with Gasteiger partial charge < -0.3 is 4.48 Å². The number of hydrogen-bond acceptors (Lipinski definition) is 0. The molecule has 0 saturated heterocycles. The van der Waals surface area contributed by atoms with E-state index in [1.54, 1.807) is 5.57 Å². The third kappa shape index (κ3) is 3.62. The van der Waals surface area contributed by atoms with E-state index < -0.39 is 0 Å². The lowest BCUT2D eigenvalue weighted by molar-refractivity contribution is -0.899. The summed E-state index contributed by atoms with van der Waals surface area (Å²) in [5, 5.41) is 0. The lowest BCUT2D eigenvalue weighted by Crippen LogP contribution is -2.52. The Bertz CT molecular complexity index is 854. The molecule has 3 aliphatic carbocycles. The van der Waals surface area contributed by atoms with Crippen molar-refractivity contribution < 1.29 is 4.48 Å². The van der Waals surface area contributed by atoms with Gasteiger partial charge in [0.25, 0.3) is 0 Å². The van der Waals surface area contributed by atoms with Crippen molar-refractivity contribution in [2.24, 2.45) is 17.3 Å². The van der Waals surface area contributed by atoms with Crippen LogP contribution in [0.2, 0.25) is 0 Å². The molecule has 0 amide bonds.